The highest BCUT2D eigenvalue weighted by molar-refractivity contribution is 6.34. The van der Waals surface area contributed by atoms with E-state index in [-0.39, 0.29) is 16.3 Å². The number of nitrogens with zero attached hydrogens (tertiary/aromatic N) is 1. The van der Waals surface area contributed by atoms with Gasteiger partial charge in [-0.05, 0) is 36.8 Å². The molecule has 1 amide bonds. The van der Waals surface area contributed by atoms with E-state index in [0.29, 0.717) is 5.82 Å². The van der Waals surface area contributed by atoms with Gasteiger partial charge in [-0.3, -0.25) is 4.79 Å². The van der Waals surface area contributed by atoms with E-state index in [1.165, 1.54) is 18.2 Å². The lowest BCUT2D eigenvalue weighted by atomic mass is 10.2. The molecule has 0 fully saturated rings. The minimum atomic E-state index is -0.405. The van der Waals surface area contributed by atoms with Crippen molar-refractivity contribution in [2.45, 2.75) is 6.92 Å². The monoisotopic (exact) mass is 262 g/mol. The Balaban J connectivity index is 2.28. The fraction of sp³-hybridized carbons (Fsp3) is 0.0769. The number of amides is 1. The standard InChI is InChI=1S/C13H11ClN2O2/c1-8-3-2-6-15-12(8)16-13(18)10-7-9(17)4-5-11(10)14/h2-7,17H,1H3,(H,15,16,18). The second kappa shape index (κ2) is 5.06. The molecule has 0 bridgehead atoms. The molecular formula is C13H11ClN2O2. The Morgan fingerprint density at radius 1 is 1.39 bits per heavy atom. The van der Waals surface area contributed by atoms with Crippen molar-refractivity contribution in [1.29, 1.82) is 0 Å². The van der Waals surface area contributed by atoms with Crippen LogP contribution in [-0.4, -0.2) is 16.0 Å². The summed E-state index contributed by atoms with van der Waals surface area (Å²) in [5.41, 5.74) is 1.06. The molecule has 2 rings (SSSR count). The third-order valence-corrected chi connectivity index (χ3v) is 2.77. The summed E-state index contributed by atoms with van der Waals surface area (Å²) in [6.07, 6.45) is 1.59. The molecule has 0 aliphatic rings. The fourth-order valence-corrected chi connectivity index (χ4v) is 1.68. The van der Waals surface area contributed by atoms with Crippen LogP contribution in [0.15, 0.2) is 36.5 Å². The molecule has 0 spiro atoms. The molecule has 0 aliphatic heterocycles. The van der Waals surface area contributed by atoms with Crippen molar-refractivity contribution >= 4 is 23.3 Å². The third-order valence-electron chi connectivity index (χ3n) is 2.44. The van der Waals surface area contributed by atoms with Gasteiger partial charge in [-0.15, -0.1) is 0 Å². The van der Waals surface area contributed by atoms with Crippen molar-refractivity contribution in [3.8, 4) is 5.75 Å². The number of phenols is 1. The van der Waals surface area contributed by atoms with Crippen molar-refractivity contribution in [3.63, 3.8) is 0 Å². The van der Waals surface area contributed by atoms with Gasteiger partial charge in [0.05, 0.1) is 10.6 Å². The second-order valence-corrected chi connectivity index (χ2v) is 4.19. The number of halogens is 1. The summed E-state index contributed by atoms with van der Waals surface area (Å²) in [6.45, 7) is 1.84. The molecule has 92 valence electrons. The summed E-state index contributed by atoms with van der Waals surface area (Å²) in [6, 6.07) is 7.83. The van der Waals surface area contributed by atoms with Gasteiger partial charge in [-0.25, -0.2) is 4.98 Å². The maximum Gasteiger partial charge on any atom is 0.258 e. The number of aromatic hydroxyl groups is 1. The molecule has 0 saturated carbocycles. The van der Waals surface area contributed by atoms with E-state index in [1.54, 1.807) is 12.3 Å². The highest BCUT2D eigenvalue weighted by atomic mass is 35.5. The number of aryl methyl sites for hydroxylation is 1. The number of aromatic nitrogens is 1. The number of hydrogen-bond acceptors (Lipinski definition) is 3. The molecule has 5 heteroatoms. The van der Waals surface area contributed by atoms with Gasteiger partial charge < -0.3 is 10.4 Å². The average Bonchev–Trinajstić information content (AvgIpc) is 2.35. The summed E-state index contributed by atoms with van der Waals surface area (Å²) in [4.78, 5) is 16.1. The predicted octanol–water partition coefficient (Wildman–Crippen LogP) is 3.00. The first kappa shape index (κ1) is 12.4. The number of anilines is 1. The Hall–Kier alpha value is -2.07. The predicted molar refractivity (Wildman–Crippen MR) is 70.0 cm³/mol. The summed E-state index contributed by atoms with van der Waals surface area (Å²) < 4.78 is 0. The van der Waals surface area contributed by atoms with Crippen LogP contribution < -0.4 is 5.32 Å². The molecule has 0 atom stereocenters. The molecule has 0 aliphatic carbocycles. The number of rotatable bonds is 2. The first-order chi connectivity index (χ1) is 8.58. The van der Waals surface area contributed by atoms with Crippen molar-refractivity contribution < 1.29 is 9.90 Å². The Bertz CT molecular complexity index is 599. The molecule has 18 heavy (non-hydrogen) atoms. The van der Waals surface area contributed by atoms with E-state index in [4.69, 9.17) is 11.6 Å². The van der Waals surface area contributed by atoms with E-state index < -0.39 is 5.91 Å². The van der Waals surface area contributed by atoms with Crippen molar-refractivity contribution in [2.75, 3.05) is 5.32 Å². The van der Waals surface area contributed by atoms with Crippen LogP contribution >= 0.6 is 11.6 Å². The number of carbonyl (C=O) groups is 1. The fourth-order valence-electron chi connectivity index (χ4n) is 1.48. The Kier molecular flexibility index (Phi) is 3.48. The number of hydrogen-bond donors (Lipinski definition) is 2. The van der Waals surface area contributed by atoms with E-state index >= 15 is 0 Å². The highest BCUT2D eigenvalue weighted by Gasteiger charge is 2.12. The molecule has 4 nitrogen and oxygen atoms in total. The van der Waals surface area contributed by atoms with Gasteiger partial charge in [0.25, 0.3) is 5.91 Å². The zero-order valence-electron chi connectivity index (χ0n) is 9.64. The number of phenolic OH excluding ortho intramolecular Hbond substituents is 1. The minimum absolute atomic E-state index is 0.0118. The summed E-state index contributed by atoms with van der Waals surface area (Å²) in [7, 11) is 0. The number of carbonyl (C=O) groups excluding carboxylic acids is 1. The second-order valence-electron chi connectivity index (χ2n) is 3.79. The highest BCUT2D eigenvalue weighted by Crippen LogP contribution is 2.22. The number of pyridine rings is 1. The van der Waals surface area contributed by atoms with Crippen LogP contribution in [0.2, 0.25) is 5.02 Å². The molecule has 2 aromatic rings. The third kappa shape index (κ3) is 2.60. The van der Waals surface area contributed by atoms with Crippen molar-refractivity contribution in [1.82, 2.24) is 4.98 Å². The summed E-state index contributed by atoms with van der Waals surface area (Å²) in [5.74, 6) is 0.0573. The largest absolute Gasteiger partial charge is 0.508 e. The zero-order chi connectivity index (χ0) is 13.1. The lowest BCUT2D eigenvalue weighted by Gasteiger charge is -2.08. The van der Waals surface area contributed by atoms with Gasteiger partial charge in [0.15, 0.2) is 0 Å². The van der Waals surface area contributed by atoms with E-state index in [9.17, 15) is 9.90 Å². The molecule has 2 N–H and O–H groups in total. The van der Waals surface area contributed by atoms with Crippen LogP contribution in [0.5, 0.6) is 5.75 Å². The van der Waals surface area contributed by atoms with Crippen LogP contribution in [0.25, 0.3) is 0 Å². The zero-order valence-corrected chi connectivity index (χ0v) is 10.4. The van der Waals surface area contributed by atoms with Crippen molar-refractivity contribution in [3.05, 3.63) is 52.7 Å². The van der Waals surface area contributed by atoms with Gasteiger partial charge in [0, 0.05) is 6.20 Å². The first-order valence-corrected chi connectivity index (χ1v) is 5.67. The maximum atomic E-state index is 12.0. The maximum absolute atomic E-state index is 12.0. The molecular weight excluding hydrogens is 252 g/mol. The van der Waals surface area contributed by atoms with Crippen LogP contribution in [-0.2, 0) is 0 Å². The Morgan fingerprint density at radius 3 is 2.89 bits per heavy atom. The van der Waals surface area contributed by atoms with E-state index in [1.807, 2.05) is 13.0 Å². The van der Waals surface area contributed by atoms with E-state index in [0.717, 1.165) is 5.56 Å². The lowest BCUT2D eigenvalue weighted by Crippen LogP contribution is -2.14. The smallest absolute Gasteiger partial charge is 0.258 e. The van der Waals surface area contributed by atoms with Gasteiger partial charge >= 0.3 is 0 Å². The molecule has 0 saturated heterocycles. The molecule has 0 unspecified atom stereocenters. The van der Waals surface area contributed by atoms with Crippen LogP contribution in [0, 0.1) is 6.92 Å². The van der Waals surface area contributed by atoms with Crippen LogP contribution in [0.4, 0.5) is 5.82 Å². The van der Waals surface area contributed by atoms with Gasteiger partial charge in [-0.1, -0.05) is 17.7 Å². The summed E-state index contributed by atoms with van der Waals surface area (Å²) >= 11 is 5.90. The normalized spacial score (nSPS) is 10.1. The topological polar surface area (TPSA) is 62.2 Å². The first-order valence-electron chi connectivity index (χ1n) is 5.29. The van der Waals surface area contributed by atoms with Crippen molar-refractivity contribution in [2.24, 2.45) is 0 Å². The summed E-state index contributed by atoms with van der Waals surface area (Å²) in [5, 5.41) is 12.3. The van der Waals surface area contributed by atoms with Crippen LogP contribution in [0.3, 0.4) is 0 Å². The molecule has 1 aromatic carbocycles. The SMILES string of the molecule is Cc1cccnc1NC(=O)c1cc(O)ccc1Cl. The minimum Gasteiger partial charge on any atom is -0.508 e. The molecule has 1 heterocycles. The Morgan fingerprint density at radius 2 is 2.17 bits per heavy atom. The molecule has 1 aromatic heterocycles. The van der Waals surface area contributed by atoms with E-state index in [2.05, 4.69) is 10.3 Å². The number of benzene rings is 1. The van der Waals surface area contributed by atoms with Crippen LogP contribution in [0.1, 0.15) is 15.9 Å². The number of nitrogens with one attached hydrogen (secondary N) is 1. The lowest BCUT2D eigenvalue weighted by molar-refractivity contribution is 0.102. The Labute approximate surface area is 109 Å². The van der Waals surface area contributed by atoms with Gasteiger partial charge in [0.2, 0.25) is 0 Å². The average molecular weight is 263 g/mol. The van der Waals surface area contributed by atoms with Gasteiger partial charge in [-0.2, -0.15) is 0 Å². The quantitative estimate of drug-likeness (QED) is 0.875. The van der Waals surface area contributed by atoms with Gasteiger partial charge in [0.1, 0.15) is 11.6 Å². The molecule has 0 radical (unpaired) electrons.